The van der Waals surface area contributed by atoms with Gasteiger partial charge in [-0.05, 0) is 47.0 Å². The van der Waals surface area contributed by atoms with Crippen molar-refractivity contribution in [1.82, 2.24) is 20.1 Å². The van der Waals surface area contributed by atoms with E-state index < -0.39 is 11.4 Å². The highest BCUT2D eigenvalue weighted by atomic mass is 79.9. The molecule has 0 atom stereocenters. The molecule has 2 heterocycles. The molecule has 2 amide bonds. The summed E-state index contributed by atoms with van der Waals surface area (Å²) in [5.74, 6) is -0.466. The van der Waals surface area contributed by atoms with Gasteiger partial charge in [0.1, 0.15) is 15.8 Å². The number of rotatable bonds is 5. The monoisotopic (exact) mass is 493 g/mol. The van der Waals surface area contributed by atoms with Crippen LogP contribution in [0.3, 0.4) is 0 Å². The van der Waals surface area contributed by atoms with E-state index in [-0.39, 0.29) is 22.4 Å². The lowest BCUT2D eigenvalue weighted by Gasteiger charge is -2.17. The minimum atomic E-state index is -0.953. The average molecular weight is 495 g/mol. The number of para-hydroxylation sites is 1. The van der Waals surface area contributed by atoms with Crippen LogP contribution in [0.25, 0.3) is 5.82 Å². The number of halogens is 3. The lowest BCUT2D eigenvalue weighted by Crippen LogP contribution is -2.46. The topological polar surface area (TPSA) is 88.9 Å². The van der Waals surface area contributed by atoms with Crippen molar-refractivity contribution in [3.8, 4) is 5.82 Å². The Balaban J connectivity index is 1.57. The molecule has 3 aromatic rings. The number of hydrogen-bond acceptors (Lipinski definition) is 4. The molecule has 1 aliphatic rings. The molecule has 29 heavy (non-hydrogen) atoms. The Labute approximate surface area is 184 Å². The summed E-state index contributed by atoms with van der Waals surface area (Å²) in [6, 6.07) is 12.1. The Hall–Kier alpha value is -2.42. The van der Waals surface area contributed by atoms with Crippen LogP contribution >= 0.6 is 39.1 Å². The first kappa shape index (κ1) is 19.9. The molecule has 2 N–H and O–H groups in total. The van der Waals surface area contributed by atoms with Gasteiger partial charge in [0, 0.05) is 18.0 Å². The molecule has 10 heteroatoms. The summed E-state index contributed by atoms with van der Waals surface area (Å²) < 4.78 is 1.73. The minimum Gasteiger partial charge on any atom is -0.336 e. The van der Waals surface area contributed by atoms with E-state index in [9.17, 15) is 9.59 Å². The van der Waals surface area contributed by atoms with Crippen molar-refractivity contribution in [2.24, 2.45) is 0 Å². The zero-order valence-corrected chi connectivity index (χ0v) is 17.9. The van der Waals surface area contributed by atoms with Crippen molar-refractivity contribution in [3.05, 3.63) is 69.0 Å². The van der Waals surface area contributed by atoms with Crippen LogP contribution in [0.1, 0.15) is 23.3 Å². The average Bonchev–Trinajstić information content (AvgIpc) is 3.36. The van der Waals surface area contributed by atoms with Crippen LogP contribution in [0.15, 0.2) is 53.3 Å². The fourth-order valence-corrected chi connectivity index (χ4v) is 3.66. The first-order chi connectivity index (χ1) is 13.9. The maximum atomic E-state index is 13.0. The molecule has 4 rings (SSSR count). The van der Waals surface area contributed by atoms with Crippen LogP contribution in [-0.2, 0) is 4.79 Å². The van der Waals surface area contributed by atoms with Crippen LogP contribution in [-0.4, -0.2) is 32.1 Å². The smallest absolute Gasteiger partial charge is 0.270 e. The molecule has 7 nitrogen and oxygen atoms in total. The van der Waals surface area contributed by atoms with Gasteiger partial charge in [0.15, 0.2) is 5.82 Å². The molecular weight excluding hydrogens is 481 g/mol. The highest BCUT2D eigenvalue weighted by molar-refractivity contribution is 9.10. The third-order valence-corrected chi connectivity index (χ3v) is 5.34. The van der Waals surface area contributed by atoms with E-state index in [1.807, 2.05) is 18.2 Å². The Morgan fingerprint density at radius 2 is 1.86 bits per heavy atom. The second-order valence-corrected chi connectivity index (χ2v) is 8.24. The van der Waals surface area contributed by atoms with Crippen LogP contribution < -0.4 is 10.6 Å². The summed E-state index contributed by atoms with van der Waals surface area (Å²) in [6.07, 6.45) is 2.51. The van der Waals surface area contributed by atoms with Gasteiger partial charge in [-0.1, -0.05) is 41.4 Å². The Kier molecular flexibility index (Phi) is 5.33. The molecule has 0 radical (unpaired) electrons. The van der Waals surface area contributed by atoms with Crippen molar-refractivity contribution in [2.75, 3.05) is 5.32 Å². The molecule has 0 saturated heterocycles. The van der Waals surface area contributed by atoms with Gasteiger partial charge >= 0.3 is 0 Å². The number of carbonyl (C=O) groups is 2. The van der Waals surface area contributed by atoms with E-state index in [1.54, 1.807) is 12.1 Å². The molecule has 0 spiro atoms. The highest BCUT2D eigenvalue weighted by Crippen LogP contribution is 2.37. The van der Waals surface area contributed by atoms with Crippen molar-refractivity contribution >= 4 is 56.6 Å². The highest BCUT2D eigenvalue weighted by Gasteiger charge is 2.51. The van der Waals surface area contributed by atoms with Gasteiger partial charge in [-0.2, -0.15) is 5.10 Å². The van der Waals surface area contributed by atoms with Crippen molar-refractivity contribution in [3.63, 3.8) is 0 Å². The first-order valence-electron chi connectivity index (χ1n) is 8.64. The number of benzene rings is 1. The number of aromatic nitrogens is 3. The van der Waals surface area contributed by atoms with Crippen LogP contribution in [0.2, 0.25) is 10.0 Å². The summed E-state index contributed by atoms with van der Waals surface area (Å²) in [7, 11) is 0. The van der Waals surface area contributed by atoms with E-state index in [0.29, 0.717) is 28.2 Å². The predicted octanol–water partition coefficient (Wildman–Crippen LogP) is 4.24. The van der Waals surface area contributed by atoms with Crippen LogP contribution in [0, 0.1) is 0 Å². The molecule has 0 bridgehead atoms. The molecular formula is C19H14BrCl2N5O2. The Morgan fingerprint density at radius 3 is 2.52 bits per heavy atom. The Morgan fingerprint density at radius 1 is 1.14 bits per heavy atom. The summed E-state index contributed by atoms with van der Waals surface area (Å²) in [6.45, 7) is 0. The van der Waals surface area contributed by atoms with Gasteiger partial charge in [-0.25, -0.2) is 9.67 Å². The SMILES string of the molecule is O=C(NC1(C(=O)Nc2ccccc2)CC1)c1cc(Br)nn1-c1ncc(Cl)cc1Cl. The zero-order chi connectivity index (χ0) is 20.6. The standard InChI is InChI=1S/C19H14BrCl2N5O2/c20-15-9-14(27(26-15)16-13(22)8-11(21)10-23-16)17(28)25-19(6-7-19)18(29)24-12-4-2-1-3-5-12/h1-5,8-10H,6-7H2,(H,24,29)(H,25,28). The van der Waals surface area contributed by atoms with Crippen molar-refractivity contribution in [2.45, 2.75) is 18.4 Å². The van der Waals surface area contributed by atoms with E-state index in [4.69, 9.17) is 23.2 Å². The first-order valence-corrected chi connectivity index (χ1v) is 10.2. The van der Waals surface area contributed by atoms with Gasteiger partial charge in [-0.3, -0.25) is 9.59 Å². The maximum absolute atomic E-state index is 13.0. The number of nitrogens with one attached hydrogen (secondary N) is 2. The lowest BCUT2D eigenvalue weighted by atomic mass is 10.2. The molecule has 148 valence electrons. The summed E-state index contributed by atoms with van der Waals surface area (Å²) in [4.78, 5) is 29.8. The Bertz CT molecular complexity index is 1100. The van der Waals surface area contributed by atoms with Crippen LogP contribution in [0.5, 0.6) is 0 Å². The third kappa shape index (κ3) is 4.14. The molecule has 1 saturated carbocycles. The number of anilines is 1. The van der Waals surface area contributed by atoms with E-state index in [1.165, 1.54) is 23.0 Å². The van der Waals surface area contributed by atoms with E-state index in [2.05, 4.69) is 36.6 Å². The second-order valence-electron chi connectivity index (χ2n) is 6.58. The molecule has 1 aliphatic carbocycles. The molecule has 0 aliphatic heterocycles. The number of carbonyl (C=O) groups excluding carboxylic acids is 2. The number of nitrogens with zero attached hydrogens (tertiary/aromatic N) is 3. The fraction of sp³-hybridized carbons (Fsp3) is 0.158. The van der Waals surface area contributed by atoms with Gasteiger partial charge < -0.3 is 10.6 Å². The predicted molar refractivity (Wildman–Crippen MR) is 114 cm³/mol. The second kappa shape index (κ2) is 7.78. The molecule has 1 aromatic carbocycles. The summed E-state index contributed by atoms with van der Waals surface area (Å²) >= 11 is 15.4. The van der Waals surface area contributed by atoms with E-state index >= 15 is 0 Å². The lowest BCUT2D eigenvalue weighted by molar-refractivity contribution is -0.118. The summed E-state index contributed by atoms with van der Waals surface area (Å²) in [5.41, 5.74) is -0.0959. The van der Waals surface area contributed by atoms with Crippen molar-refractivity contribution in [1.29, 1.82) is 0 Å². The zero-order valence-electron chi connectivity index (χ0n) is 14.8. The normalized spacial score (nSPS) is 14.3. The number of amides is 2. The van der Waals surface area contributed by atoms with Gasteiger partial charge in [0.25, 0.3) is 5.91 Å². The maximum Gasteiger partial charge on any atom is 0.270 e. The van der Waals surface area contributed by atoms with Crippen molar-refractivity contribution < 1.29 is 9.59 Å². The van der Waals surface area contributed by atoms with Crippen LogP contribution in [0.4, 0.5) is 5.69 Å². The van der Waals surface area contributed by atoms with Gasteiger partial charge in [0.2, 0.25) is 5.91 Å². The minimum absolute atomic E-state index is 0.187. The summed E-state index contributed by atoms with van der Waals surface area (Å²) in [5, 5.41) is 10.5. The number of hydrogen-bond donors (Lipinski definition) is 2. The fourth-order valence-electron chi connectivity index (χ4n) is 2.83. The molecule has 0 unspecified atom stereocenters. The molecule has 2 aromatic heterocycles. The largest absolute Gasteiger partial charge is 0.336 e. The third-order valence-electron chi connectivity index (χ3n) is 4.47. The number of pyridine rings is 1. The van der Waals surface area contributed by atoms with E-state index in [0.717, 1.165) is 0 Å². The van der Waals surface area contributed by atoms with Gasteiger partial charge in [-0.15, -0.1) is 0 Å². The quantitative estimate of drug-likeness (QED) is 0.555. The van der Waals surface area contributed by atoms with Gasteiger partial charge in [0.05, 0.1) is 10.0 Å². The molecule has 1 fully saturated rings.